The van der Waals surface area contributed by atoms with Crippen LogP contribution in [0.3, 0.4) is 0 Å². The summed E-state index contributed by atoms with van der Waals surface area (Å²) in [5, 5.41) is 6.00. The second kappa shape index (κ2) is 10.2. The molecule has 0 radical (unpaired) electrons. The van der Waals surface area contributed by atoms with E-state index in [1.165, 1.54) is 0 Å². The van der Waals surface area contributed by atoms with Crippen molar-refractivity contribution in [2.75, 3.05) is 34.3 Å². The van der Waals surface area contributed by atoms with E-state index in [0.717, 1.165) is 43.5 Å². The first-order valence-electron chi connectivity index (χ1n) is 9.33. The van der Waals surface area contributed by atoms with Crippen molar-refractivity contribution < 1.29 is 14.3 Å². The molecule has 2 amide bonds. The molecule has 0 bridgehead atoms. The number of likely N-dealkylation sites (N-methyl/N-ethyl adjacent to an activating group) is 1. The number of hydrogen-bond acceptors (Lipinski definition) is 4. The number of ether oxygens (including phenoxy) is 1. The minimum atomic E-state index is -0.00414. The molecule has 6 heteroatoms. The SMILES string of the molecule is COc1ccccc1CNC(=O)C1CCC(C(=O)NCCN(C)C)CC1. The van der Waals surface area contributed by atoms with Crippen LogP contribution in [0.2, 0.25) is 0 Å². The molecule has 0 spiro atoms. The quantitative estimate of drug-likeness (QED) is 0.741. The maximum atomic E-state index is 12.4. The van der Waals surface area contributed by atoms with Crippen LogP contribution in [0, 0.1) is 11.8 Å². The zero-order valence-corrected chi connectivity index (χ0v) is 16.1. The first kappa shape index (κ1) is 20.2. The summed E-state index contributed by atoms with van der Waals surface area (Å²) in [5.74, 6) is 1.01. The Bertz CT molecular complexity index is 596. The number of para-hydroxylation sites is 1. The van der Waals surface area contributed by atoms with Crippen molar-refractivity contribution in [1.29, 1.82) is 0 Å². The molecule has 1 fully saturated rings. The smallest absolute Gasteiger partial charge is 0.223 e. The van der Waals surface area contributed by atoms with Gasteiger partial charge in [-0.15, -0.1) is 0 Å². The molecule has 0 heterocycles. The lowest BCUT2D eigenvalue weighted by Gasteiger charge is -2.27. The fourth-order valence-corrected chi connectivity index (χ4v) is 3.34. The van der Waals surface area contributed by atoms with E-state index < -0.39 is 0 Å². The second-order valence-corrected chi connectivity index (χ2v) is 7.17. The van der Waals surface area contributed by atoms with Gasteiger partial charge in [-0.05, 0) is 45.8 Å². The highest BCUT2D eigenvalue weighted by Gasteiger charge is 2.29. The van der Waals surface area contributed by atoms with Gasteiger partial charge in [0.15, 0.2) is 0 Å². The first-order valence-corrected chi connectivity index (χ1v) is 9.33. The number of nitrogens with zero attached hydrogens (tertiary/aromatic N) is 1. The number of rotatable bonds is 8. The van der Waals surface area contributed by atoms with Crippen molar-refractivity contribution in [3.05, 3.63) is 29.8 Å². The lowest BCUT2D eigenvalue weighted by Crippen LogP contribution is -2.39. The zero-order chi connectivity index (χ0) is 18.9. The van der Waals surface area contributed by atoms with Crippen LogP contribution in [0.4, 0.5) is 0 Å². The topological polar surface area (TPSA) is 70.7 Å². The van der Waals surface area contributed by atoms with Gasteiger partial charge >= 0.3 is 0 Å². The standard InChI is InChI=1S/C20H31N3O3/c1-23(2)13-12-21-19(24)15-8-10-16(11-9-15)20(25)22-14-17-6-4-5-7-18(17)26-3/h4-7,15-16H,8-14H2,1-3H3,(H,21,24)(H,22,25). The predicted molar refractivity (Wildman–Crippen MR) is 102 cm³/mol. The highest BCUT2D eigenvalue weighted by atomic mass is 16.5. The molecular weight excluding hydrogens is 330 g/mol. The van der Waals surface area contributed by atoms with Crippen LogP contribution in [0.5, 0.6) is 5.75 Å². The summed E-state index contributed by atoms with van der Waals surface area (Å²) in [7, 11) is 5.60. The molecule has 0 saturated heterocycles. The van der Waals surface area contributed by atoms with Gasteiger partial charge in [0, 0.05) is 37.0 Å². The molecule has 0 unspecified atom stereocenters. The van der Waals surface area contributed by atoms with Crippen molar-refractivity contribution in [2.24, 2.45) is 11.8 Å². The molecule has 2 rings (SSSR count). The molecule has 1 aliphatic carbocycles. The van der Waals surface area contributed by atoms with E-state index in [1.54, 1.807) is 7.11 Å². The number of nitrogens with one attached hydrogen (secondary N) is 2. The van der Waals surface area contributed by atoms with Gasteiger partial charge in [0.2, 0.25) is 11.8 Å². The van der Waals surface area contributed by atoms with E-state index in [-0.39, 0.29) is 23.7 Å². The highest BCUT2D eigenvalue weighted by molar-refractivity contribution is 5.81. The van der Waals surface area contributed by atoms with Gasteiger partial charge in [-0.25, -0.2) is 0 Å². The van der Waals surface area contributed by atoms with Gasteiger partial charge in [0.05, 0.1) is 7.11 Å². The Kier molecular flexibility index (Phi) is 7.91. The summed E-state index contributed by atoms with van der Waals surface area (Å²) < 4.78 is 5.31. The molecule has 2 N–H and O–H groups in total. The molecule has 144 valence electrons. The Morgan fingerprint density at radius 1 is 1.04 bits per heavy atom. The number of amides is 2. The number of carbonyl (C=O) groups excluding carboxylic acids is 2. The number of carbonyl (C=O) groups is 2. The Hall–Kier alpha value is -2.08. The normalized spacial score (nSPS) is 19.8. The van der Waals surface area contributed by atoms with Crippen LogP contribution in [0.25, 0.3) is 0 Å². The minimum absolute atomic E-state index is 0.00414. The molecular formula is C20H31N3O3. The lowest BCUT2D eigenvalue weighted by atomic mass is 9.81. The van der Waals surface area contributed by atoms with Gasteiger partial charge < -0.3 is 20.3 Å². The van der Waals surface area contributed by atoms with Crippen LogP contribution in [-0.4, -0.2) is 51.0 Å². The van der Waals surface area contributed by atoms with Crippen LogP contribution in [0.15, 0.2) is 24.3 Å². The second-order valence-electron chi connectivity index (χ2n) is 7.17. The molecule has 0 aliphatic heterocycles. The van der Waals surface area contributed by atoms with E-state index >= 15 is 0 Å². The average Bonchev–Trinajstić information content (AvgIpc) is 2.66. The van der Waals surface area contributed by atoms with Crippen LogP contribution in [0.1, 0.15) is 31.2 Å². The number of hydrogen-bond donors (Lipinski definition) is 2. The van der Waals surface area contributed by atoms with E-state index in [9.17, 15) is 9.59 Å². The largest absolute Gasteiger partial charge is 0.496 e. The van der Waals surface area contributed by atoms with E-state index in [4.69, 9.17) is 4.74 Å². The molecule has 1 aromatic rings. The molecule has 26 heavy (non-hydrogen) atoms. The van der Waals surface area contributed by atoms with Gasteiger partial charge in [0.25, 0.3) is 0 Å². The van der Waals surface area contributed by atoms with E-state index in [1.807, 2.05) is 43.3 Å². The average molecular weight is 361 g/mol. The number of methoxy groups -OCH3 is 1. The van der Waals surface area contributed by atoms with Gasteiger partial charge in [-0.3, -0.25) is 9.59 Å². The summed E-state index contributed by atoms with van der Waals surface area (Å²) in [6.45, 7) is 1.98. The minimum Gasteiger partial charge on any atom is -0.496 e. The predicted octanol–water partition coefficient (Wildman–Crippen LogP) is 1.80. The maximum absolute atomic E-state index is 12.4. The Balaban J connectivity index is 1.73. The Morgan fingerprint density at radius 2 is 1.62 bits per heavy atom. The fourth-order valence-electron chi connectivity index (χ4n) is 3.34. The van der Waals surface area contributed by atoms with Crippen LogP contribution >= 0.6 is 0 Å². The third-order valence-electron chi connectivity index (χ3n) is 4.97. The Labute approximate surface area is 156 Å². The summed E-state index contributed by atoms with van der Waals surface area (Å²) in [6.07, 6.45) is 3.09. The van der Waals surface area contributed by atoms with Crippen LogP contribution < -0.4 is 15.4 Å². The summed E-state index contributed by atoms with van der Waals surface area (Å²) in [6, 6.07) is 7.69. The van der Waals surface area contributed by atoms with Gasteiger partial charge in [-0.2, -0.15) is 0 Å². The maximum Gasteiger partial charge on any atom is 0.223 e. The van der Waals surface area contributed by atoms with Crippen molar-refractivity contribution >= 4 is 11.8 Å². The van der Waals surface area contributed by atoms with Crippen molar-refractivity contribution in [3.8, 4) is 5.75 Å². The molecule has 0 aromatic heterocycles. The van der Waals surface area contributed by atoms with Gasteiger partial charge in [0.1, 0.15) is 5.75 Å². The molecule has 1 saturated carbocycles. The summed E-state index contributed by atoms with van der Waals surface area (Å²) in [5.41, 5.74) is 0.970. The van der Waals surface area contributed by atoms with E-state index in [2.05, 4.69) is 10.6 Å². The first-order chi connectivity index (χ1) is 12.5. The van der Waals surface area contributed by atoms with Crippen molar-refractivity contribution in [3.63, 3.8) is 0 Å². The third kappa shape index (κ3) is 6.02. The molecule has 0 atom stereocenters. The highest BCUT2D eigenvalue weighted by Crippen LogP contribution is 2.29. The van der Waals surface area contributed by atoms with Gasteiger partial charge in [-0.1, -0.05) is 18.2 Å². The van der Waals surface area contributed by atoms with Crippen molar-refractivity contribution in [2.45, 2.75) is 32.2 Å². The fraction of sp³-hybridized carbons (Fsp3) is 0.600. The summed E-state index contributed by atoms with van der Waals surface area (Å²) in [4.78, 5) is 26.7. The molecule has 1 aromatic carbocycles. The monoisotopic (exact) mass is 361 g/mol. The third-order valence-corrected chi connectivity index (χ3v) is 4.97. The Morgan fingerprint density at radius 3 is 2.19 bits per heavy atom. The number of benzene rings is 1. The lowest BCUT2D eigenvalue weighted by molar-refractivity contribution is -0.130. The summed E-state index contributed by atoms with van der Waals surface area (Å²) >= 11 is 0. The molecule has 6 nitrogen and oxygen atoms in total. The van der Waals surface area contributed by atoms with Crippen LogP contribution in [-0.2, 0) is 16.1 Å². The van der Waals surface area contributed by atoms with E-state index in [0.29, 0.717) is 13.1 Å². The van der Waals surface area contributed by atoms with Crippen molar-refractivity contribution in [1.82, 2.24) is 15.5 Å². The molecule has 1 aliphatic rings. The zero-order valence-electron chi connectivity index (χ0n) is 16.1.